The summed E-state index contributed by atoms with van der Waals surface area (Å²) in [5.41, 5.74) is -0.272. The van der Waals surface area contributed by atoms with Crippen molar-refractivity contribution in [3.8, 4) is 0 Å². The summed E-state index contributed by atoms with van der Waals surface area (Å²) in [4.78, 5) is 34.8. The Hall–Kier alpha value is -1.45. The van der Waals surface area contributed by atoms with E-state index in [-0.39, 0.29) is 24.4 Å². The van der Waals surface area contributed by atoms with E-state index in [2.05, 4.69) is 4.74 Å². The first-order valence-corrected chi connectivity index (χ1v) is 5.48. The first-order chi connectivity index (χ1) is 7.76. The van der Waals surface area contributed by atoms with Crippen LogP contribution in [-0.2, 0) is 19.1 Å². The van der Waals surface area contributed by atoms with Gasteiger partial charge < -0.3 is 4.74 Å². The number of hydrogen-bond acceptors (Lipinski definition) is 4. The van der Waals surface area contributed by atoms with Gasteiger partial charge in [0.2, 0.25) is 0 Å². The number of carbonyl (C=O) groups is 3. The van der Waals surface area contributed by atoms with Crippen molar-refractivity contribution in [2.24, 2.45) is 5.41 Å². The van der Waals surface area contributed by atoms with Crippen LogP contribution >= 0.6 is 0 Å². The van der Waals surface area contributed by atoms with Crippen LogP contribution < -0.4 is 0 Å². The van der Waals surface area contributed by atoms with Gasteiger partial charge in [0.25, 0.3) is 0 Å². The zero-order chi connectivity index (χ0) is 13.6. The minimum absolute atomic E-state index is 0.196. The van der Waals surface area contributed by atoms with E-state index in [1.54, 1.807) is 6.08 Å². The lowest BCUT2D eigenvalue weighted by atomic mass is 9.74. The van der Waals surface area contributed by atoms with Gasteiger partial charge >= 0.3 is 5.97 Å². The van der Waals surface area contributed by atoms with E-state index in [4.69, 9.17) is 0 Å². The standard InChI is InChI=1S/C13H20O4/c1-9(2)6-7-13(10(3)14,11(4)15)8-12(16)17-5/h6H,7-8H2,1-5H3. The van der Waals surface area contributed by atoms with Gasteiger partial charge in [-0.2, -0.15) is 0 Å². The number of rotatable bonds is 6. The quantitative estimate of drug-likeness (QED) is 0.405. The molecule has 0 saturated carbocycles. The van der Waals surface area contributed by atoms with Crippen molar-refractivity contribution in [2.75, 3.05) is 7.11 Å². The van der Waals surface area contributed by atoms with E-state index < -0.39 is 11.4 Å². The van der Waals surface area contributed by atoms with Gasteiger partial charge in [0.1, 0.15) is 17.0 Å². The Morgan fingerprint density at radius 1 is 1.06 bits per heavy atom. The van der Waals surface area contributed by atoms with Gasteiger partial charge in [-0.05, 0) is 34.1 Å². The van der Waals surface area contributed by atoms with E-state index in [0.717, 1.165) is 5.57 Å². The molecule has 0 fully saturated rings. The van der Waals surface area contributed by atoms with Crippen LogP contribution in [0.4, 0.5) is 0 Å². The summed E-state index contributed by atoms with van der Waals surface area (Å²) in [5, 5.41) is 0. The molecule has 0 rings (SSSR count). The van der Waals surface area contributed by atoms with Crippen LogP contribution in [0.1, 0.15) is 40.5 Å². The van der Waals surface area contributed by atoms with Crippen molar-refractivity contribution in [1.29, 1.82) is 0 Å². The smallest absolute Gasteiger partial charge is 0.306 e. The van der Waals surface area contributed by atoms with Crippen LogP contribution in [0.3, 0.4) is 0 Å². The SMILES string of the molecule is COC(=O)CC(CC=C(C)C)(C(C)=O)C(C)=O. The fourth-order valence-electron chi connectivity index (χ4n) is 1.55. The molecule has 0 aromatic rings. The average Bonchev–Trinajstić information content (AvgIpc) is 2.22. The summed E-state index contributed by atoms with van der Waals surface area (Å²) in [6.45, 7) is 6.43. The van der Waals surface area contributed by atoms with Gasteiger partial charge in [-0.15, -0.1) is 0 Å². The topological polar surface area (TPSA) is 60.4 Å². The molecule has 0 heterocycles. The van der Waals surface area contributed by atoms with Crippen molar-refractivity contribution in [1.82, 2.24) is 0 Å². The molecule has 0 N–H and O–H groups in total. The number of esters is 1. The lowest BCUT2D eigenvalue weighted by molar-refractivity contribution is -0.151. The van der Waals surface area contributed by atoms with Gasteiger partial charge in [0, 0.05) is 0 Å². The molecule has 0 bridgehead atoms. The highest BCUT2D eigenvalue weighted by atomic mass is 16.5. The Kier molecular flexibility index (Phi) is 5.79. The fraction of sp³-hybridized carbons (Fsp3) is 0.615. The largest absolute Gasteiger partial charge is 0.469 e. The maximum atomic E-state index is 11.7. The number of Topliss-reactive ketones (excluding diaryl/α,β-unsaturated/α-hetero) is 2. The average molecular weight is 240 g/mol. The number of carbonyl (C=O) groups excluding carboxylic acids is 3. The van der Waals surface area contributed by atoms with E-state index in [1.165, 1.54) is 21.0 Å². The number of methoxy groups -OCH3 is 1. The summed E-state index contributed by atoms with van der Waals surface area (Å²) in [6.07, 6.45) is 1.85. The molecule has 17 heavy (non-hydrogen) atoms. The predicted molar refractivity (Wildman–Crippen MR) is 64.5 cm³/mol. The first kappa shape index (κ1) is 15.6. The highest BCUT2D eigenvalue weighted by molar-refractivity contribution is 6.07. The lowest BCUT2D eigenvalue weighted by Crippen LogP contribution is -2.38. The highest BCUT2D eigenvalue weighted by Crippen LogP contribution is 2.31. The summed E-state index contributed by atoms with van der Waals surface area (Å²) in [7, 11) is 1.24. The third-order valence-corrected chi connectivity index (χ3v) is 2.88. The van der Waals surface area contributed by atoms with Crippen molar-refractivity contribution in [3.63, 3.8) is 0 Å². The number of ether oxygens (including phenoxy) is 1. The van der Waals surface area contributed by atoms with Crippen molar-refractivity contribution < 1.29 is 19.1 Å². The molecule has 0 aromatic heterocycles. The minimum Gasteiger partial charge on any atom is -0.469 e. The molecule has 0 saturated heterocycles. The second-order valence-electron chi connectivity index (χ2n) is 4.43. The Bertz CT molecular complexity index is 334. The summed E-state index contributed by atoms with van der Waals surface area (Å²) >= 11 is 0. The Morgan fingerprint density at radius 2 is 1.53 bits per heavy atom. The zero-order valence-electron chi connectivity index (χ0n) is 11.1. The van der Waals surface area contributed by atoms with Crippen molar-refractivity contribution in [2.45, 2.75) is 40.5 Å². The normalized spacial score (nSPS) is 10.6. The summed E-state index contributed by atoms with van der Waals surface area (Å²) in [6, 6.07) is 0. The van der Waals surface area contributed by atoms with Crippen molar-refractivity contribution in [3.05, 3.63) is 11.6 Å². The number of allylic oxidation sites excluding steroid dienone is 2. The summed E-state index contributed by atoms with van der Waals surface area (Å²) in [5.74, 6) is -1.14. The number of hydrogen-bond donors (Lipinski definition) is 0. The molecule has 0 unspecified atom stereocenters. The molecule has 0 aliphatic rings. The number of ketones is 2. The molecule has 0 aliphatic carbocycles. The Balaban J connectivity index is 5.28. The predicted octanol–water partition coefficient (Wildman–Crippen LogP) is 2.07. The van der Waals surface area contributed by atoms with Crippen LogP contribution in [0, 0.1) is 5.41 Å². The van der Waals surface area contributed by atoms with Gasteiger partial charge in [0.05, 0.1) is 13.5 Å². The zero-order valence-corrected chi connectivity index (χ0v) is 11.1. The van der Waals surface area contributed by atoms with Crippen LogP contribution in [0.5, 0.6) is 0 Å². The van der Waals surface area contributed by atoms with E-state index in [9.17, 15) is 14.4 Å². The molecule has 0 atom stereocenters. The minimum atomic E-state index is -1.27. The van der Waals surface area contributed by atoms with Gasteiger partial charge in [-0.1, -0.05) is 11.6 Å². The molecule has 4 nitrogen and oxygen atoms in total. The van der Waals surface area contributed by atoms with E-state index in [0.29, 0.717) is 0 Å². The lowest BCUT2D eigenvalue weighted by Gasteiger charge is -2.26. The van der Waals surface area contributed by atoms with Crippen LogP contribution in [0.2, 0.25) is 0 Å². The monoisotopic (exact) mass is 240 g/mol. The third kappa shape index (κ3) is 4.13. The maximum Gasteiger partial charge on any atom is 0.306 e. The summed E-state index contributed by atoms with van der Waals surface area (Å²) < 4.78 is 4.55. The van der Waals surface area contributed by atoms with Crippen molar-refractivity contribution >= 4 is 17.5 Å². The van der Waals surface area contributed by atoms with Crippen LogP contribution in [-0.4, -0.2) is 24.6 Å². The van der Waals surface area contributed by atoms with Crippen LogP contribution in [0.25, 0.3) is 0 Å². The molecule has 0 amide bonds. The van der Waals surface area contributed by atoms with Crippen LogP contribution in [0.15, 0.2) is 11.6 Å². The molecule has 0 aliphatic heterocycles. The van der Waals surface area contributed by atoms with Gasteiger partial charge in [-0.3, -0.25) is 14.4 Å². The Labute approximate surface area is 102 Å². The second kappa shape index (κ2) is 6.33. The first-order valence-electron chi connectivity index (χ1n) is 5.48. The fourth-order valence-corrected chi connectivity index (χ4v) is 1.55. The highest BCUT2D eigenvalue weighted by Gasteiger charge is 2.41. The molecule has 0 spiro atoms. The molecule has 4 heteroatoms. The molecule has 96 valence electrons. The van der Waals surface area contributed by atoms with Gasteiger partial charge in [0.15, 0.2) is 0 Å². The van der Waals surface area contributed by atoms with E-state index >= 15 is 0 Å². The molecule has 0 radical (unpaired) electrons. The third-order valence-electron chi connectivity index (χ3n) is 2.88. The molecule has 0 aromatic carbocycles. The molecular weight excluding hydrogens is 220 g/mol. The second-order valence-corrected chi connectivity index (χ2v) is 4.43. The molecular formula is C13H20O4. The Morgan fingerprint density at radius 3 is 1.82 bits per heavy atom. The van der Waals surface area contributed by atoms with Gasteiger partial charge in [-0.25, -0.2) is 0 Å². The maximum absolute atomic E-state index is 11.7. The van der Waals surface area contributed by atoms with E-state index in [1.807, 2.05) is 13.8 Å².